The molecule has 5 nitrogen and oxygen atoms in total. The minimum Gasteiger partial charge on any atom is -0.406 e. The average Bonchev–Trinajstić information content (AvgIpc) is 3.10. The number of benzene rings is 2. The first-order chi connectivity index (χ1) is 15.9. The molecule has 2 aromatic rings. The summed E-state index contributed by atoms with van der Waals surface area (Å²) in [5, 5.41) is 0. The fraction of sp³-hybridized carbons (Fsp3) is 0.435. The number of rotatable bonds is 5. The molecule has 0 spiro atoms. The van der Waals surface area contributed by atoms with Crippen molar-refractivity contribution < 1.29 is 35.9 Å². The number of carbonyl (C=O) groups excluding carboxylic acids is 1. The van der Waals surface area contributed by atoms with E-state index in [9.17, 15) is 31.1 Å². The zero-order chi connectivity index (χ0) is 24.7. The summed E-state index contributed by atoms with van der Waals surface area (Å²) >= 11 is 0. The van der Waals surface area contributed by atoms with Crippen LogP contribution in [-0.2, 0) is 24.1 Å². The maximum Gasteiger partial charge on any atom is 0.573 e. The Bertz CT molecular complexity index is 1030. The molecule has 0 aromatic heterocycles. The van der Waals surface area contributed by atoms with E-state index in [-0.39, 0.29) is 18.7 Å². The minimum atomic E-state index is -4.82. The van der Waals surface area contributed by atoms with Gasteiger partial charge in [0.15, 0.2) is 0 Å². The fourth-order valence-corrected chi connectivity index (χ4v) is 4.50. The summed E-state index contributed by atoms with van der Waals surface area (Å²) in [6.45, 7) is 2.86. The smallest absolute Gasteiger partial charge is 0.406 e. The molecule has 34 heavy (non-hydrogen) atoms. The number of hydrogen-bond donors (Lipinski definition) is 0. The van der Waals surface area contributed by atoms with Gasteiger partial charge in [-0.25, -0.2) is 0 Å². The Morgan fingerprint density at radius 1 is 1.00 bits per heavy atom. The number of hydrogen-bond acceptors (Lipinski definition) is 5. The van der Waals surface area contributed by atoms with Gasteiger partial charge in [-0.3, -0.25) is 4.90 Å². The standard InChI is InChI=1S/C23H23F6N3O2/c1-30-6-8-31(9-7-30)17-10-16-13-32(20(14-33)21(16)19(11-17)22(24,25)26)12-15-2-4-18(5-3-15)34-23(27,28)29/h2-5,10-11,14,20H,6-9,12-13H2,1H3. The SMILES string of the molecule is CN1CCN(c2cc3c(c(C(F)(F)F)c2)C(C=O)N(Cc2ccc(OC(F)(F)F)cc2)C3)CC1. The maximum atomic E-state index is 14.0. The number of nitrogens with zero attached hydrogens (tertiary/aromatic N) is 3. The summed E-state index contributed by atoms with van der Waals surface area (Å²) in [6.07, 6.45) is -8.98. The van der Waals surface area contributed by atoms with Crippen LogP contribution in [0.1, 0.15) is 28.3 Å². The van der Waals surface area contributed by atoms with Crippen molar-refractivity contribution in [3.05, 3.63) is 58.7 Å². The number of anilines is 1. The summed E-state index contributed by atoms with van der Waals surface area (Å²) in [4.78, 5) is 17.5. The lowest BCUT2D eigenvalue weighted by molar-refractivity contribution is -0.274. The molecule has 0 N–H and O–H groups in total. The molecule has 2 heterocycles. The van der Waals surface area contributed by atoms with Crippen molar-refractivity contribution in [1.29, 1.82) is 0 Å². The molecule has 1 saturated heterocycles. The van der Waals surface area contributed by atoms with Crippen LogP contribution in [0.15, 0.2) is 36.4 Å². The van der Waals surface area contributed by atoms with Gasteiger partial charge in [-0.1, -0.05) is 12.1 Å². The predicted octanol–water partition coefficient (Wildman–Crippen LogP) is 4.61. The number of aldehydes is 1. The maximum absolute atomic E-state index is 14.0. The van der Waals surface area contributed by atoms with E-state index in [0.29, 0.717) is 36.2 Å². The van der Waals surface area contributed by atoms with Crippen LogP contribution in [0.2, 0.25) is 0 Å². The van der Waals surface area contributed by atoms with Crippen LogP contribution < -0.4 is 9.64 Å². The van der Waals surface area contributed by atoms with Crippen LogP contribution in [0.25, 0.3) is 0 Å². The molecular weight excluding hydrogens is 464 g/mol. The fourth-order valence-electron chi connectivity index (χ4n) is 4.50. The van der Waals surface area contributed by atoms with Gasteiger partial charge in [0.25, 0.3) is 0 Å². The lowest BCUT2D eigenvalue weighted by Crippen LogP contribution is -2.44. The van der Waals surface area contributed by atoms with E-state index in [0.717, 1.165) is 31.3 Å². The highest BCUT2D eigenvalue weighted by molar-refractivity contribution is 5.69. The normalized spacial score (nSPS) is 19.9. The van der Waals surface area contributed by atoms with Gasteiger partial charge in [-0.2, -0.15) is 13.2 Å². The van der Waals surface area contributed by atoms with Gasteiger partial charge in [-0.15, -0.1) is 13.2 Å². The van der Waals surface area contributed by atoms with E-state index in [1.54, 1.807) is 11.0 Å². The zero-order valence-electron chi connectivity index (χ0n) is 18.3. The molecule has 2 aromatic carbocycles. The van der Waals surface area contributed by atoms with Crippen LogP contribution >= 0.6 is 0 Å². The third-order valence-electron chi connectivity index (χ3n) is 6.16. The average molecular weight is 487 g/mol. The van der Waals surface area contributed by atoms with Crippen molar-refractivity contribution in [2.75, 3.05) is 38.1 Å². The molecule has 184 valence electrons. The predicted molar refractivity (Wildman–Crippen MR) is 112 cm³/mol. The first-order valence-corrected chi connectivity index (χ1v) is 10.7. The molecule has 1 fully saturated rings. The molecule has 0 aliphatic carbocycles. The molecule has 11 heteroatoms. The number of fused-ring (bicyclic) bond motifs is 1. The lowest BCUT2D eigenvalue weighted by atomic mass is 9.96. The van der Waals surface area contributed by atoms with E-state index in [2.05, 4.69) is 9.64 Å². The number of piperazine rings is 1. The Morgan fingerprint density at radius 2 is 1.65 bits per heavy atom. The molecule has 0 radical (unpaired) electrons. The quantitative estimate of drug-likeness (QED) is 0.455. The van der Waals surface area contributed by atoms with Crippen molar-refractivity contribution in [2.24, 2.45) is 0 Å². The first kappa shape index (κ1) is 24.3. The molecule has 0 saturated carbocycles. The lowest BCUT2D eigenvalue weighted by Gasteiger charge is -2.34. The van der Waals surface area contributed by atoms with Crippen LogP contribution in [0.5, 0.6) is 5.75 Å². The zero-order valence-corrected chi connectivity index (χ0v) is 18.3. The molecule has 2 aliphatic heterocycles. The van der Waals surface area contributed by atoms with Gasteiger partial charge >= 0.3 is 12.5 Å². The van der Waals surface area contributed by atoms with Gasteiger partial charge in [0.05, 0.1) is 11.6 Å². The molecule has 1 atom stereocenters. The van der Waals surface area contributed by atoms with E-state index < -0.39 is 29.9 Å². The monoisotopic (exact) mass is 487 g/mol. The van der Waals surface area contributed by atoms with Gasteiger partial charge < -0.3 is 19.3 Å². The molecule has 2 aliphatic rings. The molecule has 1 unspecified atom stereocenters. The summed E-state index contributed by atoms with van der Waals surface area (Å²) in [5.41, 5.74) is 0.559. The van der Waals surface area contributed by atoms with Gasteiger partial charge in [0.1, 0.15) is 12.0 Å². The summed E-state index contributed by atoms with van der Waals surface area (Å²) < 4.78 is 83.0. The number of ether oxygens (including phenoxy) is 1. The Balaban J connectivity index is 1.61. The number of alkyl halides is 6. The van der Waals surface area contributed by atoms with E-state index in [1.807, 2.05) is 11.9 Å². The number of carbonyl (C=O) groups is 1. The molecule has 0 bridgehead atoms. The molecular formula is C23H23F6N3O2. The highest BCUT2D eigenvalue weighted by atomic mass is 19.4. The number of halogens is 6. The van der Waals surface area contributed by atoms with Crippen molar-refractivity contribution in [1.82, 2.24) is 9.80 Å². The Morgan fingerprint density at radius 3 is 2.21 bits per heavy atom. The van der Waals surface area contributed by atoms with Gasteiger partial charge in [-0.05, 0) is 48.0 Å². The third-order valence-corrected chi connectivity index (χ3v) is 6.16. The van der Waals surface area contributed by atoms with Crippen LogP contribution in [-0.4, -0.2) is 55.7 Å². The summed E-state index contributed by atoms with van der Waals surface area (Å²) in [5.74, 6) is -0.399. The van der Waals surface area contributed by atoms with Crippen LogP contribution in [0, 0.1) is 0 Å². The van der Waals surface area contributed by atoms with Crippen molar-refractivity contribution in [3.8, 4) is 5.75 Å². The number of likely N-dealkylation sites (N-methyl/N-ethyl adjacent to an activating group) is 1. The first-order valence-electron chi connectivity index (χ1n) is 10.7. The molecule has 0 amide bonds. The Kier molecular flexibility index (Phi) is 6.52. The van der Waals surface area contributed by atoms with Crippen molar-refractivity contribution >= 4 is 12.0 Å². The highest BCUT2D eigenvalue weighted by Crippen LogP contribution is 2.45. The second-order valence-corrected chi connectivity index (χ2v) is 8.53. The molecule has 4 rings (SSSR count). The van der Waals surface area contributed by atoms with Gasteiger partial charge in [0, 0.05) is 45.0 Å². The van der Waals surface area contributed by atoms with Crippen LogP contribution in [0.3, 0.4) is 0 Å². The largest absolute Gasteiger partial charge is 0.573 e. The van der Waals surface area contributed by atoms with Crippen molar-refractivity contribution in [2.45, 2.75) is 31.7 Å². The van der Waals surface area contributed by atoms with Gasteiger partial charge in [0.2, 0.25) is 0 Å². The minimum absolute atomic E-state index is 0.0580. The topological polar surface area (TPSA) is 36.0 Å². The van der Waals surface area contributed by atoms with E-state index in [4.69, 9.17) is 0 Å². The Hall–Kier alpha value is -2.79. The summed E-state index contributed by atoms with van der Waals surface area (Å²) in [7, 11) is 1.95. The van der Waals surface area contributed by atoms with Crippen LogP contribution in [0.4, 0.5) is 32.0 Å². The van der Waals surface area contributed by atoms with E-state index in [1.165, 1.54) is 12.1 Å². The summed E-state index contributed by atoms with van der Waals surface area (Å²) in [6, 6.07) is 6.78. The van der Waals surface area contributed by atoms with E-state index >= 15 is 0 Å². The third kappa shape index (κ3) is 5.30. The highest BCUT2D eigenvalue weighted by Gasteiger charge is 2.42. The Labute approximate surface area is 192 Å². The second-order valence-electron chi connectivity index (χ2n) is 8.53. The second kappa shape index (κ2) is 9.10. The van der Waals surface area contributed by atoms with Crippen molar-refractivity contribution in [3.63, 3.8) is 0 Å².